The summed E-state index contributed by atoms with van der Waals surface area (Å²) in [7, 11) is 0. The molecule has 0 atom stereocenters. The maximum absolute atomic E-state index is 8.80. The number of pyridine rings is 1. The topological polar surface area (TPSA) is 45.2 Å². The van der Waals surface area contributed by atoms with Crippen molar-refractivity contribution >= 4 is 29.2 Å². The minimum atomic E-state index is 0.143. The van der Waals surface area contributed by atoms with Gasteiger partial charge in [-0.15, -0.1) is 23.5 Å². The predicted octanol–water partition coefficient (Wildman–Crippen LogP) is 2.24. The van der Waals surface area contributed by atoms with Crippen LogP contribution in [0.2, 0.25) is 0 Å². The number of nitrogens with zero attached hydrogens (tertiary/aromatic N) is 1. The molecule has 0 radical (unpaired) electrons. The molecular formula is C10H16N2OS2. The van der Waals surface area contributed by atoms with E-state index in [0.717, 1.165) is 21.3 Å². The third-order valence-corrected chi connectivity index (χ3v) is 3.53. The van der Waals surface area contributed by atoms with Gasteiger partial charge in [-0.05, 0) is 25.5 Å². The van der Waals surface area contributed by atoms with Gasteiger partial charge in [0.15, 0.2) is 0 Å². The number of aryl methyl sites for hydroxylation is 1. The van der Waals surface area contributed by atoms with E-state index in [1.54, 1.807) is 23.5 Å². The van der Waals surface area contributed by atoms with Crippen LogP contribution in [0.4, 0.5) is 5.69 Å². The Morgan fingerprint density at radius 1 is 1.40 bits per heavy atom. The molecule has 0 amide bonds. The molecular weight excluding hydrogens is 228 g/mol. The molecule has 2 N–H and O–H groups in total. The van der Waals surface area contributed by atoms with Crippen LogP contribution in [0.25, 0.3) is 0 Å². The second kappa shape index (κ2) is 6.25. The Hall–Kier alpha value is -0.390. The average Bonchev–Trinajstić information content (AvgIpc) is 2.25. The Bertz CT molecular complexity index is 331. The number of aliphatic hydroxyl groups excluding tert-OH is 1. The van der Waals surface area contributed by atoms with Crippen molar-refractivity contribution in [2.75, 3.05) is 31.0 Å². The van der Waals surface area contributed by atoms with Crippen molar-refractivity contribution < 1.29 is 5.11 Å². The van der Waals surface area contributed by atoms with Gasteiger partial charge in [0.2, 0.25) is 0 Å². The summed E-state index contributed by atoms with van der Waals surface area (Å²) in [6, 6.07) is 2.02. The summed E-state index contributed by atoms with van der Waals surface area (Å²) < 4.78 is 0. The van der Waals surface area contributed by atoms with Gasteiger partial charge >= 0.3 is 0 Å². The van der Waals surface area contributed by atoms with Gasteiger partial charge in [-0.1, -0.05) is 0 Å². The van der Waals surface area contributed by atoms with Gasteiger partial charge in [0.1, 0.15) is 5.03 Å². The molecule has 1 aromatic rings. The number of aliphatic hydroxyl groups is 1. The van der Waals surface area contributed by atoms with Crippen LogP contribution >= 0.6 is 23.5 Å². The standard InChI is InChI=1S/C10H16N2OS2/c1-7-6-8(11-4-5-13)9(14-2)10(12-7)15-3/h6,13H,4-5H2,1-3H3,(H,11,12). The van der Waals surface area contributed by atoms with Gasteiger partial charge in [-0.2, -0.15) is 0 Å². The number of rotatable bonds is 5. The molecule has 0 saturated heterocycles. The van der Waals surface area contributed by atoms with E-state index in [-0.39, 0.29) is 6.61 Å². The number of thioether (sulfide) groups is 2. The van der Waals surface area contributed by atoms with Crippen LogP contribution in [0.5, 0.6) is 0 Å². The van der Waals surface area contributed by atoms with E-state index in [2.05, 4.69) is 10.3 Å². The minimum absolute atomic E-state index is 0.143. The van der Waals surface area contributed by atoms with Crippen molar-refractivity contribution in [3.63, 3.8) is 0 Å². The normalized spacial score (nSPS) is 10.4. The van der Waals surface area contributed by atoms with Crippen LogP contribution in [-0.2, 0) is 0 Å². The maximum atomic E-state index is 8.80. The lowest BCUT2D eigenvalue weighted by atomic mass is 10.3. The first-order valence-corrected chi connectivity index (χ1v) is 7.12. The molecule has 84 valence electrons. The number of aromatic nitrogens is 1. The summed E-state index contributed by atoms with van der Waals surface area (Å²) in [6.45, 7) is 2.70. The Morgan fingerprint density at radius 3 is 2.67 bits per heavy atom. The van der Waals surface area contributed by atoms with Crippen LogP contribution in [0.3, 0.4) is 0 Å². The van der Waals surface area contributed by atoms with Crippen molar-refractivity contribution in [1.82, 2.24) is 4.98 Å². The molecule has 1 aromatic heterocycles. The predicted molar refractivity (Wildman–Crippen MR) is 68.1 cm³/mol. The molecule has 3 nitrogen and oxygen atoms in total. The van der Waals surface area contributed by atoms with E-state index in [9.17, 15) is 0 Å². The lowest BCUT2D eigenvalue weighted by Crippen LogP contribution is -2.07. The fourth-order valence-corrected chi connectivity index (χ4v) is 2.89. The molecule has 0 aliphatic heterocycles. The van der Waals surface area contributed by atoms with Crippen molar-refractivity contribution in [3.8, 4) is 0 Å². The van der Waals surface area contributed by atoms with Gasteiger partial charge in [0, 0.05) is 12.2 Å². The smallest absolute Gasteiger partial charge is 0.112 e. The first-order chi connectivity index (χ1) is 7.22. The van der Waals surface area contributed by atoms with Crippen molar-refractivity contribution in [3.05, 3.63) is 11.8 Å². The quantitative estimate of drug-likeness (QED) is 0.778. The fourth-order valence-electron chi connectivity index (χ4n) is 1.29. The van der Waals surface area contributed by atoms with Crippen molar-refractivity contribution in [1.29, 1.82) is 0 Å². The first-order valence-electron chi connectivity index (χ1n) is 4.67. The highest BCUT2D eigenvalue weighted by atomic mass is 32.2. The monoisotopic (exact) mass is 244 g/mol. The summed E-state index contributed by atoms with van der Waals surface area (Å²) in [5, 5.41) is 13.0. The van der Waals surface area contributed by atoms with Crippen molar-refractivity contribution in [2.24, 2.45) is 0 Å². The highest BCUT2D eigenvalue weighted by Gasteiger charge is 2.09. The Balaban J connectivity index is 3.05. The molecule has 0 unspecified atom stereocenters. The highest BCUT2D eigenvalue weighted by molar-refractivity contribution is 8.01. The Morgan fingerprint density at radius 2 is 2.13 bits per heavy atom. The van der Waals surface area contributed by atoms with Crippen LogP contribution in [-0.4, -0.2) is 35.8 Å². The molecule has 0 fully saturated rings. The molecule has 5 heteroatoms. The largest absolute Gasteiger partial charge is 0.395 e. The third kappa shape index (κ3) is 3.29. The molecule has 0 aromatic carbocycles. The third-order valence-electron chi connectivity index (χ3n) is 1.89. The zero-order chi connectivity index (χ0) is 11.3. The van der Waals surface area contributed by atoms with Gasteiger partial charge in [0.25, 0.3) is 0 Å². The molecule has 15 heavy (non-hydrogen) atoms. The number of nitrogens with one attached hydrogen (secondary N) is 1. The van der Waals surface area contributed by atoms with Gasteiger partial charge in [-0.25, -0.2) is 4.98 Å². The number of hydrogen-bond donors (Lipinski definition) is 2. The van der Waals surface area contributed by atoms with E-state index in [1.165, 1.54) is 0 Å². The van der Waals surface area contributed by atoms with E-state index >= 15 is 0 Å². The second-order valence-corrected chi connectivity index (χ2v) is 4.62. The van der Waals surface area contributed by atoms with E-state index in [0.29, 0.717) is 6.54 Å². The summed E-state index contributed by atoms with van der Waals surface area (Å²) in [6.07, 6.45) is 4.06. The molecule has 0 bridgehead atoms. The van der Waals surface area contributed by atoms with Crippen molar-refractivity contribution in [2.45, 2.75) is 16.8 Å². The second-order valence-electron chi connectivity index (χ2n) is 3.00. The number of anilines is 1. The van der Waals surface area contributed by atoms with Gasteiger partial charge in [0.05, 0.1) is 17.2 Å². The van der Waals surface area contributed by atoms with E-state index < -0.39 is 0 Å². The summed E-state index contributed by atoms with van der Waals surface area (Å²) in [5.74, 6) is 0. The Kier molecular flexibility index (Phi) is 5.28. The molecule has 1 rings (SSSR count). The zero-order valence-corrected chi connectivity index (χ0v) is 10.8. The lowest BCUT2D eigenvalue weighted by Gasteiger charge is -2.13. The number of hydrogen-bond acceptors (Lipinski definition) is 5. The molecule has 0 saturated carbocycles. The SMILES string of the molecule is CSc1nc(C)cc(NCCO)c1SC. The lowest BCUT2D eigenvalue weighted by molar-refractivity contribution is 0.311. The first kappa shape index (κ1) is 12.7. The molecule has 1 heterocycles. The minimum Gasteiger partial charge on any atom is -0.395 e. The highest BCUT2D eigenvalue weighted by Crippen LogP contribution is 2.33. The summed E-state index contributed by atoms with van der Waals surface area (Å²) in [5.41, 5.74) is 2.06. The molecule has 0 aliphatic carbocycles. The van der Waals surface area contributed by atoms with Gasteiger partial charge < -0.3 is 10.4 Å². The molecule has 0 spiro atoms. The fraction of sp³-hybridized carbons (Fsp3) is 0.500. The zero-order valence-electron chi connectivity index (χ0n) is 9.20. The summed E-state index contributed by atoms with van der Waals surface area (Å²) in [4.78, 5) is 5.63. The van der Waals surface area contributed by atoms with Crippen LogP contribution in [0.1, 0.15) is 5.69 Å². The summed E-state index contributed by atoms with van der Waals surface area (Å²) >= 11 is 3.33. The average molecular weight is 244 g/mol. The van der Waals surface area contributed by atoms with Gasteiger partial charge in [-0.3, -0.25) is 0 Å². The van der Waals surface area contributed by atoms with Crippen LogP contribution in [0, 0.1) is 6.92 Å². The van der Waals surface area contributed by atoms with Crippen LogP contribution in [0.15, 0.2) is 16.0 Å². The van der Waals surface area contributed by atoms with Crippen LogP contribution < -0.4 is 5.32 Å². The maximum Gasteiger partial charge on any atom is 0.112 e. The molecule has 0 aliphatic rings. The van der Waals surface area contributed by atoms with E-state index in [4.69, 9.17) is 5.11 Å². The van der Waals surface area contributed by atoms with E-state index in [1.807, 2.05) is 25.5 Å². The Labute approximate surface area is 99.1 Å².